The average Bonchev–Trinajstić information content (AvgIpc) is 3.57. The van der Waals surface area contributed by atoms with Gasteiger partial charge in [0.05, 0.1) is 70.3 Å². The smallest absolute Gasteiger partial charge is 0.407 e. The van der Waals surface area contributed by atoms with Gasteiger partial charge in [0.2, 0.25) is 0 Å². The summed E-state index contributed by atoms with van der Waals surface area (Å²) in [5.41, 5.74) is 1.72. The van der Waals surface area contributed by atoms with Crippen molar-refractivity contribution >= 4 is 62.0 Å². The minimum absolute atomic E-state index is 0.0145. The highest BCUT2D eigenvalue weighted by molar-refractivity contribution is 6.27. The van der Waals surface area contributed by atoms with Crippen molar-refractivity contribution in [3.63, 3.8) is 0 Å². The SMILES string of the molecule is CCOC(=O)NC1CCN(c2ccc3nc4c5c6c7c(C)c(=O)c5c(O)c(c4n(C)c3c2)NC(=O)/C(C)=C\C=C\[C@H](C)[C@H](O)[C@@H](C)[C@@H](O)[C@@H](C)[C@H](O)[C@H](C)[C@@H](OC)/C=C/O[C@@](C)(O7)C6=O)CC1. The lowest BCUT2D eigenvalue weighted by molar-refractivity contribution is -0.112. The molecule has 5 bridgehead atoms. The van der Waals surface area contributed by atoms with Gasteiger partial charge in [0.1, 0.15) is 11.4 Å². The van der Waals surface area contributed by atoms with Crippen molar-refractivity contribution in [2.45, 2.75) is 104 Å². The van der Waals surface area contributed by atoms with Gasteiger partial charge in [-0.2, -0.15) is 0 Å². The van der Waals surface area contributed by atoms with Crippen LogP contribution < -0.4 is 25.7 Å². The van der Waals surface area contributed by atoms with Crippen LogP contribution in [-0.4, -0.2) is 111 Å². The Kier molecular flexibility index (Phi) is 14.1. The van der Waals surface area contributed by atoms with E-state index >= 15 is 0 Å². The standard InChI is InChI=1S/C50H63N5O12/c1-11-65-49(63)51-30-17-20-55(21-18-30)31-15-16-32-33(23-31)54(9)40-38(52-32)35-36-44(59)29(7)46-37(35)47(61)50(8,67-46)66-22-19-34(64-10)26(4)42(57)28(6)43(58)27(5)41(56)24(2)13-12-14-25(3)48(62)53-39(40)45(36)60/h12-16,19,22-24,26-28,30,34,41-43,56-58,60H,11,17-18,20-21H2,1-10H3,(H,51,63)(H,53,62)/b13-12+,22-19+,25-14-/t24-,26+,27+,28-,34-,41-,42+,43+,50-/m0/s1. The third kappa shape index (κ3) is 8.97. The molecule has 4 aliphatic heterocycles. The summed E-state index contributed by atoms with van der Waals surface area (Å²) in [6, 6.07) is 5.65. The van der Waals surface area contributed by atoms with Crippen LogP contribution in [0.5, 0.6) is 11.5 Å². The number of carbonyl (C=O) groups is 3. The van der Waals surface area contributed by atoms with Gasteiger partial charge in [0.25, 0.3) is 11.7 Å². The van der Waals surface area contributed by atoms with Crippen LogP contribution in [-0.2, 0) is 26.1 Å². The number of hydrogen-bond donors (Lipinski definition) is 6. The number of hydrogen-bond acceptors (Lipinski definition) is 14. The topological polar surface area (TPSA) is 231 Å². The lowest BCUT2D eigenvalue weighted by Crippen LogP contribution is -2.44. The fourth-order valence-corrected chi connectivity index (χ4v) is 9.67. The molecule has 1 fully saturated rings. The number of ketones is 1. The van der Waals surface area contributed by atoms with Gasteiger partial charge in [-0.25, -0.2) is 9.78 Å². The van der Waals surface area contributed by atoms with E-state index in [-0.39, 0.29) is 62.6 Å². The first-order valence-corrected chi connectivity index (χ1v) is 22.9. The normalized spacial score (nSPS) is 29.6. The molecule has 17 heteroatoms. The Morgan fingerprint density at radius 3 is 2.33 bits per heavy atom. The number of carbonyl (C=O) groups excluding carboxylic acids is 3. The van der Waals surface area contributed by atoms with Gasteiger partial charge >= 0.3 is 11.9 Å². The maximum atomic E-state index is 14.8. The third-order valence-electron chi connectivity index (χ3n) is 14.0. The van der Waals surface area contributed by atoms with Crippen molar-refractivity contribution in [1.82, 2.24) is 14.9 Å². The number of nitrogens with one attached hydrogen (secondary N) is 2. The first-order valence-electron chi connectivity index (χ1n) is 22.9. The quantitative estimate of drug-likeness (QED) is 0.0797. The molecule has 17 nitrogen and oxygen atoms in total. The van der Waals surface area contributed by atoms with E-state index in [0.717, 1.165) is 5.69 Å². The van der Waals surface area contributed by atoms with Crippen LogP contribution in [0.25, 0.3) is 32.8 Å². The molecular formula is C50H63N5O12. The third-order valence-corrected chi connectivity index (χ3v) is 14.0. The van der Waals surface area contributed by atoms with Crippen molar-refractivity contribution in [3.05, 3.63) is 75.7 Å². The first-order chi connectivity index (χ1) is 31.7. The van der Waals surface area contributed by atoms with Gasteiger partial charge in [-0.15, -0.1) is 0 Å². The zero-order valence-corrected chi connectivity index (χ0v) is 39.7. The molecule has 0 radical (unpaired) electrons. The first kappa shape index (κ1) is 48.9. The van der Waals surface area contributed by atoms with Crippen molar-refractivity contribution in [3.8, 4) is 11.5 Å². The van der Waals surface area contributed by atoms with Crippen molar-refractivity contribution in [2.75, 3.05) is 37.0 Å². The largest absolute Gasteiger partial charge is 0.505 e. The number of allylic oxidation sites excluding steroid dienone is 2. The number of amides is 2. The molecule has 2 amide bonds. The van der Waals surface area contributed by atoms with E-state index in [2.05, 4.69) is 15.5 Å². The Morgan fingerprint density at radius 2 is 1.66 bits per heavy atom. The fourth-order valence-electron chi connectivity index (χ4n) is 9.67. The number of methoxy groups -OCH3 is 1. The molecule has 0 unspecified atom stereocenters. The molecule has 360 valence electrons. The summed E-state index contributed by atoms with van der Waals surface area (Å²) >= 11 is 0. The molecular weight excluding hydrogens is 863 g/mol. The molecule has 0 saturated carbocycles. The maximum absolute atomic E-state index is 14.8. The molecule has 5 heterocycles. The summed E-state index contributed by atoms with van der Waals surface area (Å²) in [5.74, 6) is -6.38. The monoisotopic (exact) mass is 925 g/mol. The second-order valence-corrected chi connectivity index (χ2v) is 18.4. The van der Waals surface area contributed by atoms with Crippen LogP contribution in [0.1, 0.15) is 77.2 Å². The van der Waals surface area contributed by atoms with Gasteiger partial charge in [-0.05, 0) is 57.9 Å². The minimum Gasteiger partial charge on any atom is -0.505 e. The van der Waals surface area contributed by atoms with Crippen molar-refractivity contribution in [2.24, 2.45) is 30.7 Å². The number of aromatic hydroxyl groups is 1. The number of piperidine rings is 1. The second-order valence-electron chi connectivity index (χ2n) is 18.4. The van der Waals surface area contributed by atoms with Crippen LogP contribution in [0, 0.1) is 30.6 Å². The summed E-state index contributed by atoms with van der Waals surface area (Å²) in [5, 5.41) is 52.0. The zero-order chi connectivity index (χ0) is 48.8. The number of alkyl carbamates (subject to hydrolysis) is 1. The number of anilines is 2. The predicted octanol–water partition coefficient (Wildman–Crippen LogP) is 5.89. The number of phenolic OH excluding ortho intramolecular Hbond substituents is 1. The molecule has 6 N–H and O–H groups in total. The molecule has 4 aromatic rings. The summed E-state index contributed by atoms with van der Waals surface area (Å²) in [7, 11) is 3.19. The molecule has 0 aliphatic carbocycles. The number of rotatable bonds is 4. The van der Waals surface area contributed by atoms with Crippen LogP contribution in [0.4, 0.5) is 16.2 Å². The van der Waals surface area contributed by atoms with Gasteiger partial charge in [-0.1, -0.05) is 45.9 Å². The zero-order valence-electron chi connectivity index (χ0n) is 39.7. The van der Waals surface area contributed by atoms with Crippen LogP contribution in [0.15, 0.2) is 59.1 Å². The Labute approximate surface area is 389 Å². The minimum atomic E-state index is -2.01. The number of nitrogens with zero attached hydrogens (tertiary/aromatic N) is 3. The van der Waals surface area contributed by atoms with E-state index in [1.165, 1.54) is 33.3 Å². The molecule has 8 rings (SSSR count). The number of Topliss-reactive ketones (excluding diaryl/α,β-unsaturated/α-hetero) is 1. The number of aromatic nitrogens is 2. The van der Waals surface area contributed by atoms with Crippen LogP contribution >= 0.6 is 0 Å². The van der Waals surface area contributed by atoms with Crippen molar-refractivity contribution in [1.29, 1.82) is 0 Å². The lowest BCUT2D eigenvalue weighted by Gasteiger charge is -2.36. The van der Waals surface area contributed by atoms with E-state index in [1.54, 1.807) is 71.4 Å². The average molecular weight is 926 g/mol. The Balaban J connectivity index is 1.41. The Morgan fingerprint density at radius 1 is 0.985 bits per heavy atom. The Hall–Kier alpha value is -6.01. The Bertz CT molecular complexity index is 2760. The molecule has 1 saturated heterocycles. The number of ether oxygens (including phenoxy) is 4. The number of phenols is 1. The molecule has 4 aliphatic rings. The van der Waals surface area contributed by atoms with Crippen LogP contribution in [0.2, 0.25) is 0 Å². The molecule has 0 spiro atoms. The lowest BCUT2D eigenvalue weighted by atomic mass is 9.78. The maximum Gasteiger partial charge on any atom is 0.407 e. The predicted molar refractivity (Wildman–Crippen MR) is 254 cm³/mol. The molecule has 1 aromatic heterocycles. The second kappa shape index (κ2) is 19.3. The number of benzene rings is 3. The van der Waals surface area contributed by atoms with E-state index in [4.69, 9.17) is 23.9 Å². The summed E-state index contributed by atoms with van der Waals surface area (Å²) in [4.78, 5) is 62.8. The van der Waals surface area contributed by atoms with E-state index in [0.29, 0.717) is 37.0 Å². The number of fused-ring (bicyclic) bond motifs is 14. The highest BCUT2D eigenvalue weighted by Gasteiger charge is 2.49. The van der Waals surface area contributed by atoms with Gasteiger partial charge < -0.3 is 59.5 Å². The summed E-state index contributed by atoms with van der Waals surface area (Å²) in [6.07, 6.45) is 4.53. The number of aliphatic hydroxyl groups excluding tert-OH is 3. The van der Waals surface area contributed by atoms with E-state index in [1.807, 2.05) is 18.2 Å². The van der Waals surface area contributed by atoms with Gasteiger partial charge in [0, 0.05) is 86.1 Å². The van der Waals surface area contributed by atoms with Crippen molar-refractivity contribution < 1.29 is 53.8 Å². The molecule has 3 aromatic carbocycles. The highest BCUT2D eigenvalue weighted by atomic mass is 16.7. The number of aliphatic hydroxyl groups is 3. The van der Waals surface area contributed by atoms with Gasteiger partial charge in [-0.3, -0.25) is 14.4 Å². The van der Waals surface area contributed by atoms with E-state index < -0.39 is 82.8 Å². The van der Waals surface area contributed by atoms with E-state index in [9.17, 15) is 39.6 Å². The summed E-state index contributed by atoms with van der Waals surface area (Å²) < 4.78 is 24.9. The van der Waals surface area contributed by atoms with Gasteiger partial charge in [0.15, 0.2) is 11.2 Å². The summed E-state index contributed by atoms with van der Waals surface area (Å²) in [6.45, 7) is 14.7. The fraction of sp³-hybridized carbons (Fsp3) is 0.500. The molecule has 9 atom stereocenters. The highest BCUT2D eigenvalue weighted by Crippen LogP contribution is 2.48. The number of aryl methyl sites for hydroxylation is 1. The van der Waals surface area contributed by atoms with Crippen LogP contribution in [0.3, 0.4) is 0 Å². The molecule has 67 heavy (non-hydrogen) atoms.